The van der Waals surface area contributed by atoms with Crippen LogP contribution >= 0.6 is 0 Å². The molecule has 30 heavy (non-hydrogen) atoms. The summed E-state index contributed by atoms with van der Waals surface area (Å²) in [4.78, 5) is 17.3. The SMILES string of the molecule is O=C(NC1CCCC1)N1CC2(C1)[C@H](c1ccccc1)[C@@H](CO)N2CC1CCOCC1. The monoisotopic (exact) mass is 413 g/mol. The third-order valence-electron chi connectivity index (χ3n) is 7.98. The van der Waals surface area contributed by atoms with Gasteiger partial charge in [0, 0.05) is 50.8 Å². The van der Waals surface area contributed by atoms with Crippen LogP contribution in [0.2, 0.25) is 0 Å². The van der Waals surface area contributed by atoms with Crippen LogP contribution in [0.5, 0.6) is 0 Å². The molecule has 6 heteroatoms. The number of aliphatic hydroxyl groups is 1. The van der Waals surface area contributed by atoms with Crippen LogP contribution in [0.3, 0.4) is 0 Å². The Labute approximate surface area is 179 Å². The Bertz CT molecular complexity index is 724. The first-order chi connectivity index (χ1) is 14.7. The Morgan fingerprint density at radius 2 is 1.80 bits per heavy atom. The fourth-order valence-corrected chi connectivity index (χ4v) is 6.36. The maximum absolute atomic E-state index is 12.8. The van der Waals surface area contributed by atoms with Crippen molar-refractivity contribution in [2.75, 3.05) is 39.5 Å². The first kappa shape index (κ1) is 20.3. The number of rotatable bonds is 5. The normalized spacial score (nSPS) is 29.6. The number of hydrogen-bond donors (Lipinski definition) is 2. The van der Waals surface area contributed by atoms with Gasteiger partial charge in [-0.2, -0.15) is 0 Å². The molecular weight excluding hydrogens is 378 g/mol. The van der Waals surface area contributed by atoms with Gasteiger partial charge in [-0.25, -0.2) is 4.79 Å². The highest BCUT2D eigenvalue weighted by Gasteiger charge is 2.66. The largest absolute Gasteiger partial charge is 0.395 e. The summed E-state index contributed by atoms with van der Waals surface area (Å²) in [6, 6.07) is 11.2. The second-order valence-corrected chi connectivity index (χ2v) is 9.74. The van der Waals surface area contributed by atoms with Gasteiger partial charge in [-0.1, -0.05) is 43.2 Å². The molecule has 3 heterocycles. The van der Waals surface area contributed by atoms with Crippen molar-refractivity contribution in [1.29, 1.82) is 0 Å². The number of amides is 2. The van der Waals surface area contributed by atoms with Gasteiger partial charge in [0.25, 0.3) is 0 Å². The average molecular weight is 414 g/mol. The molecule has 2 N–H and O–H groups in total. The first-order valence-electron chi connectivity index (χ1n) is 11.8. The van der Waals surface area contributed by atoms with Crippen LogP contribution in [0.4, 0.5) is 4.79 Å². The fourth-order valence-electron chi connectivity index (χ4n) is 6.36. The van der Waals surface area contributed by atoms with Crippen LogP contribution in [0, 0.1) is 5.92 Å². The summed E-state index contributed by atoms with van der Waals surface area (Å²) in [5.74, 6) is 0.891. The lowest BCUT2D eigenvalue weighted by Gasteiger charge is -2.71. The maximum atomic E-state index is 12.8. The lowest BCUT2D eigenvalue weighted by molar-refractivity contribution is -0.185. The predicted molar refractivity (Wildman–Crippen MR) is 115 cm³/mol. The van der Waals surface area contributed by atoms with Crippen molar-refractivity contribution in [2.24, 2.45) is 5.92 Å². The van der Waals surface area contributed by atoms with Gasteiger partial charge in [0.05, 0.1) is 12.1 Å². The minimum absolute atomic E-state index is 0.0416. The quantitative estimate of drug-likeness (QED) is 0.779. The van der Waals surface area contributed by atoms with Gasteiger partial charge in [-0.05, 0) is 37.2 Å². The van der Waals surface area contributed by atoms with Crippen molar-refractivity contribution in [1.82, 2.24) is 15.1 Å². The van der Waals surface area contributed by atoms with Crippen LogP contribution in [0.15, 0.2) is 30.3 Å². The van der Waals surface area contributed by atoms with Gasteiger partial charge >= 0.3 is 6.03 Å². The Balaban J connectivity index is 1.32. The van der Waals surface area contributed by atoms with Crippen LogP contribution in [-0.4, -0.2) is 78.0 Å². The van der Waals surface area contributed by atoms with Crippen molar-refractivity contribution in [3.05, 3.63) is 35.9 Å². The minimum atomic E-state index is -0.0416. The zero-order valence-electron chi connectivity index (χ0n) is 17.8. The van der Waals surface area contributed by atoms with Gasteiger partial charge in [-0.3, -0.25) is 4.90 Å². The van der Waals surface area contributed by atoms with E-state index in [1.165, 1.54) is 18.4 Å². The van der Waals surface area contributed by atoms with E-state index in [1.54, 1.807) is 0 Å². The van der Waals surface area contributed by atoms with E-state index < -0.39 is 0 Å². The molecule has 0 radical (unpaired) electrons. The van der Waals surface area contributed by atoms with Crippen molar-refractivity contribution < 1.29 is 14.6 Å². The van der Waals surface area contributed by atoms with E-state index in [1.807, 2.05) is 11.0 Å². The van der Waals surface area contributed by atoms with Crippen LogP contribution in [-0.2, 0) is 4.74 Å². The number of nitrogens with one attached hydrogen (secondary N) is 1. The minimum Gasteiger partial charge on any atom is -0.395 e. The molecule has 3 saturated heterocycles. The summed E-state index contributed by atoms with van der Waals surface area (Å²) >= 11 is 0. The predicted octanol–water partition coefficient (Wildman–Crippen LogP) is 2.58. The van der Waals surface area contributed by atoms with Crippen molar-refractivity contribution in [3.8, 4) is 0 Å². The lowest BCUT2D eigenvalue weighted by atomic mass is 9.60. The van der Waals surface area contributed by atoms with Crippen LogP contribution < -0.4 is 5.32 Å². The van der Waals surface area contributed by atoms with Gasteiger partial charge in [0.15, 0.2) is 0 Å². The van der Waals surface area contributed by atoms with E-state index in [4.69, 9.17) is 4.74 Å². The highest BCUT2D eigenvalue weighted by atomic mass is 16.5. The Kier molecular flexibility index (Phi) is 5.73. The molecule has 2 atom stereocenters. The molecule has 1 aliphatic carbocycles. The lowest BCUT2D eigenvalue weighted by Crippen LogP contribution is -2.85. The third-order valence-corrected chi connectivity index (χ3v) is 7.98. The van der Waals surface area contributed by atoms with E-state index in [0.717, 1.165) is 58.5 Å². The second-order valence-electron chi connectivity index (χ2n) is 9.74. The molecule has 2 amide bonds. The molecule has 164 valence electrons. The molecule has 3 aliphatic heterocycles. The number of carbonyl (C=O) groups is 1. The van der Waals surface area contributed by atoms with Gasteiger partial charge < -0.3 is 20.1 Å². The average Bonchev–Trinajstić information content (AvgIpc) is 3.24. The number of carbonyl (C=O) groups excluding carboxylic acids is 1. The molecule has 4 aliphatic rings. The molecule has 1 saturated carbocycles. The fraction of sp³-hybridized carbons (Fsp3) is 0.708. The van der Waals surface area contributed by atoms with Gasteiger partial charge in [0.1, 0.15) is 0 Å². The summed E-state index contributed by atoms with van der Waals surface area (Å²) in [5.41, 5.74) is 1.25. The molecule has 0 bridgehead atoms. The summed E-state index contributed by atoms with van der Waals surface area (Å²) in [6.07, 6.45) is 6.85. The molecule has 1 aromatic carbocycles. The summed E-state index contributed by atoms with van der Waals surface area (Å²) in [6.45, 7) is 4.35. The number of urea groups is 1. The van der Waals surface area contributed by atoms with Crippen molar-refractivity contribution in [3.63, 3.8) is 0 Å². The zero-order chi connectivity index (χ0) is 20.6. The Morgan fingerprint density at radius 1 is 1.10 bits per heavy atom. The molecule has 1 aromatic rings. The molecule has 1 spiro atoms. The van der Waals surface area contributed by atoms with E-state index in [0.29, 0.717) is 12.0 Å². The molecule has 0 unspecified atom stereocenters. The Hall–Kier alpha value is -1.63. The first-order valence-corrected chi connectivity index (χ1v) is 11.8. The van der Waals surface area contributed by atoms with Crippen LogP contribution in [0.25, 0.3) is 0 Å². The van der Waals surface area contributed by atoms with E-state index >= 15 is 0 Å². The van der Waals surface area contributed by atoms with E-state index in [9.17, 15) is 9.90 Å². The highest BCUT2D eigenvalue weighted by Crippen LogP contribution is 2.54. The van der Waals surface area contributed by atoms with E-state index in [2.05, 4.69) is 34.5 Å². The van der Waals surface area contributed by atoms with Crippen molar-refractivity contribution >= 4 is 6.03 Å². The number of ether oxygens (including phenoxy) is 1. The topological polar surface area (TPSA) is 65.0 Å². The number of aliphatic hydroxyl groups excluding tert-OH is 1. The second kappa shape index (κ2) is 8.48. The zero-order valence-corrected chi connectivity index (χ0v) is 17.8. The number of nitrogens with zero attached hydrogens (tertiary/aromatic N) is 2. The molecule has 5 rings (SSSR count). The van der Waals surface area contributed by atoms with Gasteiger partial charge in [-0.15, -0.1) is 0 Å². The summed E-state index contributed by atoms with van der Waals surface area (Å²) in [7, 11) is 0. The molecule has 4 fully saturated rings. The van der Waals surface area contributed by atoms with Crippen LogP contribution in [0.1, 0.15) is 50.0 Å². The maximum Gasteiger partial charge on any atom is 0.317 e. The smallest absolute Gasteiger partial charge is 0.317 e. The summed E-state index contributed by atoms with van der Waals surface area (Å²) in [5, 5.41) is 13.5. The molecule has 6 nitrogen and oxygen atoms in total. The molecule has 0 aromatic heterocycles. The third kappa shape index (κ3) is 3.53. The standard InChI is InChI=1S/C24H35N3O3/c28-15-21-22(19-6-2-1-3-7-19)24(27(21)14-18-10-12-30-13-11-18)16-26(17-24)23(29)25-20-8-4-5-9-20/h1-3,6-7,18,20-22,28H,4-5,8-17H2,(H,25,29)/t21-,22-/m1/s1. The molecular formula is C24H35N3O3. The number of hydrogen-bond acceptors (Lipinski definition) is 4. The number of benzene rings is 1. The van der Waals surface area contributed by atoms with Crippen molar-refractivity contribution in [2.45, 2.75) is 62.1 Å². The van der Waals surface area contributed by atoms with E-state index in [-0.39, 0.29) is 30.1 Å². The highest BCUT2D eigenvalue weighted by molar-refractivity contribution is 5.76. The summed E-state index contributed by atoms with van der Waals surface area (Å²) < 4.78 is 5.55. The van der Waals surface area contributed by atoms with Gasteiger partial charge in [0.2, 0.25) is 0 Å². The Morgan fingerprint density at radius 3 is 2.47 bits per heavy atom. The number of likely N-dealkylation sites (tertiary alicyclic amines) is 2.